The summed E-state index contributed by atoms with van der Waals surface area (Å²) in [5.41, 5.74) is 6.96. The zero-order valence-corrected chi connectivity index (χ0v) is 19.1. The monoisotopic (exact) mass is 452 g/mol. The molecule has 0 aliphatic heterocycles. The van der Waals surface area contributed by atoms with Gasteiger partial charge in [-0.15, -0.1) is 11.3 Å². The van der Waals surface area contributed by atoms with Crippen LogP contribution in [0.5, 0.6) is 11.5 Å². The fraction of sp³-hybridized carbons (Fsp3) is 0.273. The van der Waals surface area contributed by atoms with Crippen molar-refractivity contribution in [1.82, 2.24) is 19.7 Å². The molecule has 4 rings (SSSR count). The van der Waals surface area contributed by atoms with Crippen LogP contribution in [-0.2, 0) is 11.3 Å². The van der Waals surface area contributed by atoms with Crippen LogP contribution >= 0.6 is 11.3 Å². The Hall–Kier alpha value is -3.66. The topological polar surface area (TPSA) is 117 Å². The number of nitrogens with two attached hydrogens (primary N) is 1. The normalized spacial score (nSPS) is 12.0. The summed E-state index contributed by atoms with van der Waals surface area (Å²) in [7, 11) is 3.21. The summed E-state index contributed by atoms with van der Waals surface area (Å²) >= 11 is 1.65. The smallest absolute Gasteiger partial charge is 0.239 e. The number of ether oxygens (including phenoxy) is 2. The largest absolute Gasteiger partial charge is 0.493 e. The molecule has 3 aromatic heterocycles. The SMILES string of the molecule is COc1cc2nc(C)nc(NC(C)c3ccc(-c4cnn(CC(N)=O)c4)s3)c2cc1OC. The molecule has 0 spiro atoms. The van der Waals surface area contributed by atoms with Gasteiger partial charge in [-0.25, -0.2) is 9.97 Å². The minimum absolute atomic E-state index is 0.0000102. The van der Waals surface area contributed by atoms with Crippen molar-refractivity contribution in [3.05, 3.63) is 47.4 Å². The van der Waals surface area contributed by atoms with E-state index in [9.17, 15) is 4.79 Å². The molecule has 1 aromatic carbocycles. The van der Waals surface area contributed by atoms with Crippen LogP contribution in [0.4, 0.5) is 5.82 Å². The number of aryl methyl sites for hydroxylation is 1. The van der Waals surface area contributed by atoms with Gasteiger partial charge in [0.1, 0.15) is 18.2 Å². The standard InChI is InChI=1S/C22H24N6O3S/c1-12(19-5-6-20(32-19)14-9-24-28(10-14)11-21(23)29)25-22-15-7-17(30-3)18(31-4)8-16(15)26-13(2)27-22/h5-10,12H,11H2,1-4H3,(H2,23,29)(H,25,26,27). The van der Waals surface area contributed by atoms with Gasteiger partial charge in [-0.05, 0) is 32.0 Å². The van der Waals surface area contributed by atoms with E-state index in [4.69, 9.17) is 15.2 Å². The average molecular weight is 453 g/mol. The third-order valence-corrected chi connectivity index (χ3v) is 6.27. The van der Waals surface area contributed by atoms with E-state index in [2.05, 4.69) is 33.4 Å². The summed E-state index contributed by atoms with van der Waals surface area (Å²) in [4.78, 5) is 22.5. The Morgan fingerprint density at radius 3 is 2.69 bits per heavy atom. The minimum atomic E-state index is -0.425. The molecule has 0 aliphatic carbocycles. The molecule has 0 bridgehead atoms. The molecule has 3 N–H and O–H groups in total. The first-order chi connectivity index (χ1) is 15.4. The highest BCUT2D eigenvalue weighted by molar-refractivity contribution is 7.15. The van der Waals surface area contributed by atoms with Crippen LogP contribution in [0.1, 0.15) is 23.7 Å². The van der Waals surface area contributed by atoms with Gasteiger partial charge < -0.3 is 20.5 Å². The van der Waals surface area contributed by atoms with E-state index in [0.717, 1.165) is 32.0 Å². The average Bonchev–Trinajstić information content (AvgIpc) is 3.42. The predicted octanol–water partition coefficient (Wildman–Crippen LogP) is 3.54. The molecule has 166 valence electrons. The number of hydrogen-bond acceptors (Lipinski definition) is 8. The predicted molar refractivity (Wildman–Crippen MR) is 124 cm³/mol. The number of hydrogen-bond donors (Lipinski definition) is 2. The number of benzene rings is 1. The van der Waals surface area contributed by atoms with Gasteiger partial charge in [-0.1, -0.05) is 0 Å². The highest BCUT2D eigenvalue weighted by Crippen LogP contribution is 2.36. The van der Waals surface area contributed by atoms with E-state index in [1.807, 2.05) is 31.3 Å². The van der Waals surface area contributed by atoms with Crippen LogP contribution in [-0.4, -0.2) is 39.9 Å². The van der Waals surface area contributed by atoms with Gasteiger partial charge in [0.2, 0.25) is 5.91 Å². The Labute approximate surface area is 189 Å². The first kappa shape index (κ1) is 21.6. The van der Waals surface area contributed by atoms with Crippen molar-refractivity contribution in [2.75, 3.05) is 19.5 Å². The van der Waals surface area contributed by atoms with Crippen LogP contribution in [0.3, 0.4) is 0 Å². The van der Waals surface area contributed by atoms with E-state index in [1.54, 1.807) is 31.8 Å². The second kappa shape index (κ2) is 8.83. The van der Waals surface area contributed by atoms with E-state index >= 15 is 0 Å². The molecule has 1 unspecified atom stereocenters. The lowest BCUT2D eigenvalue weighted by molar-refractivity contribution is -0.118. The first-order valence-corrected chi connectivity index (χ1v) is 10.8. The minimum Gasteiger partial charge on any atom is -0.493 e. The number of carbonyl (C=O) groups is 1. The summed E-state index contributed by atoms with van der Waals surface area (Å²) in [6.45, 7) is 4.00. The van der Waals surface area contributed by atoms with Crippen molar-refractivity contribution in [3.63, 3.8) is 0 Å². The van der Waals surface area contributed by atoms with Crippen molar-refractivity contribution < 1.29 is 14.3 Å². The number of amides is 1. The van der Waals surface area contributed by atoms with Gasteiger partial charge in [0, 0.05) is 33.0 Å². The van der Waals surface area contributed by atoms with Crippen molar-refractivity contribution in [2.45, 2.75) is 26.4 Å². The fourth-order valence-electron chi connectivity index (χ4n) is 3.44. The van der Waals surface area contributed by atoms with Crippen LogP contribution in [0.2, 0.25) is 0 Å². The zero-order chi connectivity index (χ0) is 22.8. The molecule has 32 heavy (non-hydrogen) atoms. The molecule has 10 heteroatoms. The highest BCUT2D eigenvalue weighted by Gasteiger charge is 2.16. The third-order valence-electron chi connectivity index (χ3n) is 4.96. The number of carbonyl (C=O) groups excluding carboxylic acids is 1. The zero-order valence-electron chi connectivity index (χ0n) is 18.2. The van der Waals surface area contributed by atoms with Crippen LogP contribution in [0.15, 0.2) is 36.7 Å². The summed E-state index contributed by atoms with van der Waals surface area (Å²) in [5, 5.41) is 8.56. The van der Waals surface area contributed by atoms with Gasteiger partial charge in [0.15, 0.2) is 11.5 Å². The lowest BCUT2D eigenvalue weighted by atomic mass is 10.2. The van der Waals surface area contributed by atoms with Gasteiger partial charge >= 0.3 is 0 Å². The molecule has 0 aliphatic rings. The molecule has 0 fully saturated rings. The maximum atomic E-state index is 11.1. The summed E-state index contributed by atoms with van der Waals surface area (Å²) < 4.78 is 12.4. The Kier molecular flexibility index (Phi) is 5.95. The highest BCUT2D eigenvalue weighted by atomic mass is 32.1. The number of anilines is 1. The molecule has 9 nitrogen and oxygen atoms in total. The Bertz CT molecular complexity index is 1280. The van der Waals surface area contributed by atoms with Gasteiger partial charge in [0.25, 0.3) is 0 Å². The lowest BCUT2D eigenvalue weighted by Gasteiger charge is -2.16. The van der Waals surface area contributed by atoms with Crippen LogP contribution in [0.25, 0.3) is 21.3 Å². The van der Waals surface area contributed by atoms with Gasteiger partial charge in [-0.2, -0.15) is 5.10 Å². The molecule has 3 heterocycles. The van der Waals surface area contributed by atoms with Crippen molar-refractivity contribution in [2.24, 2.45) is 5.73 Å². The quantitative estimate of drug-likeness (QED) is 0.420. The summed E-state index contributed by atoms with van der Waals surface area (Å²) in [6.07, 6.45) is 3.55. The van der Waals surface area contributed by atoms with E-state index in [1.165, 1.54) is 4.68 Å². The van der Waals surface area contributed by atoms with E-state index in [0.29, 0.717) is 17.3 Å². The summed E-state index contributed by atoms with van der Waals surface area (Å²) in [6, 6.07) is 7.85. The number of rotatable bonds is 8. The third kappa shape index (κ3) is 4.35. The molecule has 4 aromatic rings. The number of thiophene rings is 1. The first-order valence-electron chi connectivity index (χ1n) is 9.95. The number of nitrogens with one attached hydrogen (secondary N) is 1. The van der Waals surface area contributed by atoms with Crippen molar-refractivity contribution in [3.8, 4) is 21.9 Å². The second-order valence-electron chi connectivity index (χ2n) is 7.30. The van der Waals surface area contributed by atoms with Crippen molar-refractivity contribution in [1.29, 1.82) is 0 Å². The Balaban J connectivity index is 1.61. The second-order valence-corrected chi connectivity index (χ2v) is 8.42. The van der Waals surface area contributed by atoms with Crippen LogP contribution in [0, 0.1) is 6.92 Å². The van der Waals surface area contributed by atoms with Gasteiger partial charge in [0.05, 0.1) is 32.0 Å². The van der Waals surface area contributed by atoms with E-state index in [-0.39, 0.29) is 12.6 Å². The van der Waals surface area contributed by atoms with Crippen LogP contribution < -0.4 is 20.5 Å². The summed E-state index contributed by atoms with van der Waals surface area (Å²) in [5.74, 6) is 2.20. The number of nitrogens with zero attached hydrogens (tertiary/aromatic N) is 4. The van der Waals surface area contributed by atoms with E-state index < -0.39 is 5.91 Å². The number of methoxy groups -OCH3 is 2. The van der Waals surface area contributed by atoms with Crippen molar-refractivity contribution >= 4 is 34.0 Å². The maximum absolute atomic E-state index is 11.1. The maximum Gasteiger partial charge on any atom is 0.239 e. The molecule has 0 saturated carbocycles. The molecular formula is C22H24N6O3S. The molecule has 1 amide bonds. The number of fused-ring (bicyclic) bond motifs is 1. The number of primary amides is 1. The molecule has 0 saturated heterocycles. The lowest BCUT2D eigenvalue weighted by Crippen LogP contribution is -2.18. The van der Waals surface area contributed by atoms with Gasteiger partial charge in [-0.3, -0.25) is 9.48 Å². The fourth-order valence-corrected chi connectivity index (χ4v) is 4.42. The number of aromatic nitrogens is 4. The molecule has 0 radical (unpaired) electrons. The Morgan fingerprint density at radius 1 is 1.22 bits per heavy atom. The molecular weight excluding hydrogens is 428 g/mol. The molecule has 1 atom stereocenters. The Morgan fingerprint density at radius 2 is 1.97 bits per heavy atom.